The van der Waals surface area contributed by atoms with E-state index in [-0.39, 0.29) is 11.2 Å². The monoisotopic (exact) mass is 394 g/mol. The van der Waals surface area contributed by atoms with Crippen LogP contribution in [0.1, 0.15) is 60.4 Å². The molecule has 6 heteroatoms. The highest BCUT2D eigenvalue weighted by atomic mass is 32.2. The Labute approximate surface area is 170 Å². The van der Waals surface area contributed by atoms with Gasteiger partial charge in [0.2, 0.25) is 0 Å². The molecule has 0 bridgehead atoms. The minimum atomic E-state index is -0.0677. The smallest absolute Gasteiger partial charge is 0.167 e. The Kier molecular flexibility index (Phi) is 4.96. The number of ketones is 1. The van der Waals surface area contributed by atoms with E-state index in [1.165, 1.54) is 0 Å². The van der Waals surface area contributed by atoms with Crippen molar-refractivity contribution in [2.75, 3.05) is 16.8 Å². The molecule has 2 aliphatic rings. The van der Waals surface area contributed by atoms with Crippen LogP contribution in [0.4, 0.5) is 5.69 Å². The summed E-state index contributed by atoms with van der Waals surface area (Å²) in [4.78, 5) is 12.7. The van der Waals surface area contributed by atoms with Crippen molar-refractivity contribution < 1.29 is 4.79 Å². The van der Waals surface area contributed by atoms with Crippen LogP contribution in [0.5, 0.6) is 0 Å². The van der Waals surface area contributed by atoms with Gasteiger partial charge in [-0.3, -0.25) is 4.79 Å². The van der Waals surface area contributed by atoms with Gasteiger partial charge in [0.1, 0.15) is 6.07 Å². The molecule has 0 radical (unpaired) electrons. The highest BCUT2D eigenvalue weighted by Crippen LogP contribution is 2.37. The first-order valence-electron chi connectivity index (χ1n) is 9.88. The number of anilines is 1. The molecule has 0 unspecified atom stereocenters. The maximum absolute atomic E-state index is 12.7. The Morgan fingerprint density at radius 1 is 1.29 bits per heavy atom. The van der Waals surface area contributed by atoms with Gasteiger partial charge in [-0.05, 0) is 61.3 Å². The van der Waals surface area contributed by atoms with E-state index in [1.807, 2.05) is 41.6 Å². The van der Waals surface area contributed by atoms with Gasteiger partial charge in [-0.15, -0.1) is 0 Å². The van der Waals surface area contributed by atoms with E-state index in [0.717, 1.165) is 59.1 Å². The van der Waals surface area contributed by atoms with Gasteiger partial charge in [-0.1, -0.05) is 13.8 Å². The molecule has 0 saturated carbocycles. The molecule has 0 atom stereocenters. The highest BCUT2D eigenvalue weighted by Gasteiger charge is 2.35. The van der Waals surface area contributed by atoms with Gasteiger partial charge in [0.25, 0.3) is 0 Å². The number of nitrogens with zero attached hydrogens (tertiary/aromatic N) is 3. The van der Waals surface area contributed by atoms with Crippen molar-refractivity contribution in [2.45, 2.75) is 52.5 Å². The van der Waals surface area contributed by atoms with Crippen molar-refractivity contribution in [1.82, 2.24) is 9.78 Å². The standard InChI is InChI=1S/C22H26N4OS/c1-14-21-19(11-22(2,3)12-20(21)27)26(25-14)17-5-4-15(13-23)18(10-17)24-16-6-8-28-9-7-16/h4-5,10,16,24H,6-9,11-12H2,1-3H3. The maximum Gasteiger partial charge on any atom is 0.167 e. The zero-order chi connectivity index (χ0) is 19.9. The highest BCUT2D eigenvalue weighted by molar-refractivity contribution is 7.99. The van der Waals surface area contributed by atoms with Crippen LogP contribution in [0.25, 0.3) is 5.69 Å². The van der Waals surface area contributed by atoms with Gasteiger partial charge < -0.3 is 5.32 Å². The largest absolute Gasteiger partial charge is 0.381 e. The van der Waals surface area contributed by atoms with Crippen LogP contribution in [-0.4, -0.2) is 33.1 Å². The van der Waals surface area contributed by atoms with E-state index in [4.69, 9.17) is 5.10 Å². The third-order valence-electron chi connectivity index (χ3n) is 5.67. The third kappa shape index (κ3) is 3.56. The number of carbonyl (C=O) groups is 1. The van der Waals surface area contributed by atoms with Gasteiger partial charge in [0.05, 0.1) is 33.9 Å². The number of nitrogens with one attached hydrogen (secondary N) is 1. The first-order chi connectivity index (χ1) is 13.4. The number of aryl methyl sites for hydroxylation is 1. The van der Waals surface area contributed by atoms with Crippen molar-refractivity contribution in [3.05, 3.63) is 40.7 Å². The van der Waals surface area contributed by atoms with Crippen LogP contribution in [0.15, 0.2) is 18.2 Å². The Bertz CT molecular complexity index is 964. The van der Waals surface area contributed by atoms with Crippen molar-refractivity contribution in [2.24, 2.45) is 5.41 Å². The molecule has 2 aromatic rings. The van der Waals surface area contributed by atoms with Crippen LogP contribution in [0.2, 0.25) is 0 Å². The van der Waals surface area contributed by atoms with Gasteiger partial charge in [-0.25, -0.2) is 4.68 Å². The fourth-order valence-corrected chi connectivity index (χ4v) is 5.40. The number of fused-ring (bicyclic) bond motifs is 1. The van der Waals surface area contributed by atoms with Crippen LogP contribution in [-0.2, 0) is 6.42 Å². The molecule has 1 N–H and O–H groups in total. The van der Waals surface area contributed by atoms with E-state index in [0.29, 0.717) is 18.0 Å². The number of hydrogen-bond donors (Lipinski definition) is 1. The maximum atomic E-state index is 12.7. The molecule has 5 nitrogen and oxygen atoms in total. The van der Waals surface area contributed by atoms with Crippen molar-refractivity contribution in [3.63, 3.8) is 0 Å². The lowest BCUT2D eigenvalue weighted by Gasteiger charge is -2.29. The second kappa shape index (κ2) is 7.29. The molecule has 1 aromatic heterocycles. The molecule has 4 rings (SSSR count). The summed E-state index contributed by atoms with van der Waals surface area (Å²) >= 11 is 1.99. The second-order valence-electron chi connectivity index (χ2n) is 8.63. The normalized spacial score (nSPS) is 19.1. The fourth-order valence-electron chi connectivity index (χ4n) is 4.30. The van der Waals surface area contributed by atoms with E-state index in [9.17, 15) is 10.1 Å². The quantitative estimate of drug-likeness (QED) is 0.829. The van der Waals surface area contributed by atoms with Crippen LogP contribution in [0.3, 0.4) is 0 Å². The van der Waals surface area contributed by atoms with Gasteiger partial charge in [0, 0.05) is 12.5 Å². The molecule has 1 fully saturated rings. The summed E-state index contributed by atoms with van der Waals surface area (Å²) in [6.45, 7) is 6.18. The topological polar surface area (TPSA) is 70.7 Å². The Hall–Kier alpha value is -2.26. The summed E-state index contributed by atoms with van der Waals surface area (Å²) in [6, 6.07) is 8.50. The van der Waals surface area contributed by atoms with E-state index >= 15 is 0 Å². The molecule has 0 amide bonds. The van der Waals surface area contributed by atoms with E-state index in [2.05, 4.69) is 25.2 Å². The zero-order valence-electron chi connectivity index (χ0n) is 16.7. The van der Waals surface area contributed by atoms with Crippen LogP contribution >= 0.6 is 11.8 Å². The second-order valence-corrected chi connectivity index (χ2v) is 9.86. The van der Waals surface area contributed by atoms with Gasteiger partial charge in [-0.2, -0.15) is 22.1 Å². The Morgan fingerprint density at radius 2 is 2.04 bits per heavy atom. The Morgan fingerprint density at radius 3 is 2.75 bits per heavy atom. The third-order valence-corrected chi connectivity index (χ3v) is 6.72. The molecule has 0 spiro atoms. The van der Waals surface area contributed by atoms with E-state index < -0.39 is 0 Å². The lowest BCUT2D eigenvalue weighted by atomic mass is 9.75. The summed E-state index contributed by atoms with van der Waals surface area (Å²) < 4.78 is 1.91. The molecular formula is C22H26N4OS. The minimum Gasteiger partial charge on any atom is -0.381 e. The molecular weight excluding hydrogens is 368 g/mol. The fraction of sp³-hybridized carbons (Fsp3) is 0.500. The molecule has 1 aliphatic heterocycles. The minimum absolute atomic E-state index is 0.0677. The van der Waals surface area contributed by atoms with E-state index in [1.54, 1.807) is 0 Å². The summed E-state index contributed by atoms with van der Waals surface area (Å²) in [7, 11) is 0. The summed E-state index contributed by atoms with van der Waals surface area (Å²) in [6.07, 6.45) is 3.60. The number of aromatic nitrogens is 2. The number of benzene rings is 1. The number of carbonyl (C=O) groups excluding carboxylic acids is 1. The molecule has 28 heavy (non-hydrogen) atoms. The number of hydrogen-bond acceptors (Lipinski definition) is 5. The Balaban J connectivity index is 1.74. The predicted molar refractivity (Wildman–Crippen MR) is 113 cm³/mol. The van der Waals surface area contributed by atoms with Gasteiger partial charge in [0.15, 0.2) is 5.78 Å². The lowest BCUT2D eigenvalue weighted by Crippen LogP contribution is -2.28. The number of nitriles is 1. The molecule has 146 valence electrons. The number of Topliss-reactive ketones (excluding diaryl/α,β-unsaturated/α-hetero) is 1. The lowest BCUT2D eigenvalue weighted by molar-refractivity contribution is 0.0910. The first-order valence-corrected chi connectivity index (χ1v) is 11.0. The summed E-state index contributed by atoms with van der Waals surface area (Å²) in [5, 5.41) is 17.8. The van der Waals surface area contributed by atoms with Crippen LogP contribution < -0.4 is 5.32 Å². The van der Waals surface area contributed by atoms with Crippen molar-refractivity contribution in [3.8, 4) is 11.8 Å². The van der Waals surface area contributed by atoms with Crippen molar-refractivity contribution in [1.29, 1.82) is 5.26 Å². The molecule has 1 saturated heterocycles. The summed E-state index contributed by atoms with van der Waals surface area (Å²) in [5.41, 5.74) is 4.91. The van der Waals surface area contributed by atoms with Crippen LogP contribution in [0, 0.1) is 23.7 Å². The number of rotatable bonds is 3. The SMILES string of the molecule is Cc1nn(-c2ccc(C#N)c(NC3CCSCC3)c2)c2c1C(=O)CC(C)(C)C2. The average molecular weight is 395 g/mol. The first kappa shape index (κ1) is 19.1. The molecule has 2 heterocycles. The number of thioether (sulfide) groups is 1. The average Bonchev–Trinajstić information content (AvgIpc) is 2.98. The van der Waals surface area contributed by atoms with Gasteiger partial charge >= 0.3 is 0 Å². The molecule has 1 aliphatic carbocycles. The molecule has 1 aromatic carbocycles. The zero-order valence-corrected chi connectivity index (χ0v) is 17.5. The van der Waals surface area contributed by atoms with Crippen molar-refractivity contribution >= 4 is 23.2 Å². The predicted octanol–water partition coefficient (Wildman–Crippen LogP) is 4.52. The summed E-state index contributed by atoms with van der Waals surface area (Å²) in [5.74, 6) is 2.49.